The van der Waals surface area contributed by atoms with E-state index >= 15 is 0 Å². The van der Waals surface area contributed by atoms with Crippen LogP contribution in [0.4, 0.5) is 0 Å². The van der Waals surface area contributed by atoms with Gasteiger partial charge >= 0.3 is 5.97 Å². The molecule has 4 rings (SSSR count). The van der Waals surface area contributed by atoms with Crippen molar-refractivity contribution < 1.29 is 23.7 Å². The van der Waals surface area contributed by atoms with Gasteiger partial charge < -0.3 is 18.9 Å². The second-order valence-corrected chi connectivity index (χ2v) is 6.41. The van der Waals surface area contributed by atoms with Crippen molar-refractivity contribution in [1.29, 1.82) is 0 Å². The molecule has 0 amide bonds. The zero-order chi connectivity index (χ0) is 19.3. The normalized spacial score (nSPS) is 16.5. The van der Waals surface area contributed by atoms with E-state index in [4.69, 9.17) is 18.9 Å². The van der Waals surface area contributed by atoms with Crippen LogP contribution < -0.4 is 4.74 Å². The molecule has 0 aromatic heterocycles. The van der Waals surface area contributed by atoms with E-state index in [2.05, 4.69) is 6.08 Å². The highest BCUT2D eigenvalue weighted by molar-refractivity contribution is 6.01. The SMILES string of the molecule is COC(=O)c1ccc2ccccc2c1OC(C1=CC=CCC1)C1=COC=CO1. The topological polar surface area (TPSA) is 54.0 Å². The maximum atomic E-state index is 12.4. The number of hydrogen-bond acceptors (Lipinski definition) is 5. The van der Waals surface area contributed by atoms with Crippen LogP contribution in [0.5, 0.6) is 5.75 Å². The number of esters is 1. The van der Waals surface area contributed by atoms with E-state index in [1.807, 2.05) is 42.5 Å². The van der Waals surface area contributed by atoms with Crippen molar-refractivity contribution in [3.8, 4) is 5.75 Å². The Bertz CT molecular complexity index is 1010. The molecule has 1 heterocycles. The van der Waals surface area contributed by atoms with E-state index in [0.717, 1.165) is 29.2 Å². The van der Waals surface area contributed by atoms with Crippen molar-refractivity contribution in [3.63, 3.8) is 0 Å². The molecule has 2 aromatic rings. The summed E-state index contributed by atoms with van der Waals surface area (Å²) in [5, 5.41) is 1.80. The summed E-state index contributed by atoms with van der Waals surface area (Å²) < 4.78 is 22.4. The maximum Gasteiger partial charge on any atom is 0.341 e. The molecule has 142 valence electrons. The molecule has 0 bridgehead atoms. The third-order valence-electron chi connectivity index (χ3n) is 4.68. The van der Waals surface area contributed by atoms with Crippen LogP contribution in [0.2, 0.25) is 0 Å². The van der Waals surface area contributed by atoms with Crippen molar-refractivity contribution in [1.82, 2.24) is 0 Å². The fourth-order valence-electron chi connectivity index (χ4n) is 3.31. The third kappa shape index (κ3) is 3.51. The zero-order valence-electron chi connectivity index (χ0n) is 15.5. The third-order valence-corrected chi connectivity index (χ3v) is 4.68. The largest absolute Gasteiger partial charge is 0.476 e. The highest BCUT2D eigenvalue weighted by Gasteiger charge is 2.28. The van der Waals surface area contributed by atoms with Gasteiger partial charge in [0.25, 0.3) is 0 Å². The number of ether oxygens (including phenoxy) is 4. The van der Waals surface area contributed by atoms with Gasteiger partial charge in [-0.15, -0.1) is 0 Å². The van der Waals surface area contributed by atoms with Gasteiger partial charge in [-0.05, 0) is 29.9 Å². The summed E-state index contributed by atoms with van der Waals surface area (Å²) >= 11 is 0. The minimum Gasteiger partial charge on any atom is -0.476 e. The summed E-state index contributed by atoms with van der Waals surface area (Å²) in [6.45, 7) is 0. The van der Waals surface area contributed by atoms with Crippen LogP contribution in [0, 0.1) is 0 Å². The second kappa shape index (κ2) is 8.05. The van der Waals surface area contributed by atoms with Gasteiger partial charge in [0.1, 0.15) is 30.1 Å². The molecule has 28 heavy (non-hydrogen) atoms. The Hall–Kier alpha value is -3.47. The van der Waals surface area contributed by atoms with Gasteiger partial charge in [0.15, 0.2) is 11.9 Å². The first-order valence-corrected chi connectivity index (χ1v) is 9.07. The molecule has 1 atom stereocenters. The Morgan fingerprint density at radius 3 is 2.79 bits per heavy atom. The molecule has 0 N–H and O–H groups in total. The molecule has 5 heteroatoms. The lowest BCUT2D eigenvalue weighted by Gasteiger charge is -2.26. The summed E-state index contributed by atoms with van der Waals surface area (Å²) in [7, 11) is 1.36. The number of carbonyl (C=O) groups is 1. The van der Waals surface area contributed by atoms with E-state index in [1.165, 1.54) is 25.9 Å². The predicted octanol–water partition coefficient (Wildman–Crippen LogP) is 5.01. The Kier molecular flexibility index (Phi) is 5.15. The number of carbonyl (C=O) groups excluding carboxylic acids is 1. The van der Waals surface area contributed by atoms with Crippen LogP contribution in [0.1, 0.15) is 23.2 Å². The summed E-state index contributed by atoms with van der Waals surface area (Å²) in [6.07, 6.45) is 11.8. The lowest BCUT2D eigenvalue weighted by molar-refractivity contribution is 0.0593. The van der Waals surface area contributed by atoms with E-state index in [1.54, 1.807) is 6.07 Å². The lowest BCUT2D eigenvalue weighted by Crippen LogP contribution is -2.25. The Labute approximate surface area is 163 Å². The van der Waals surface area contributed by atoms with Gasteiger partial charge in [-0.25, -0.2) is 4.79 Å². The molecule has 0 saturated heterocycles. The van der Waals surface area contributed by atoms with E-state index in [9.17, 15) is 4.79 Å². The molecule has 0 fully saturated rings. The zero-order valence-corrected chi connectivity index (χ0v) is 15.5. The van der Waals surface area contributed by atoms with Crippen molar-refractivity contribution >= 4 is 16.7 Å². The van der Waals surface area contributed by atoms with Crippen LogP contribution in [-0.2, 0) is 14.2 Å². The van der Waals surface area contributed by atoms with Crippen molar-refractivity contribution in [3.05, 3.63) is 90.3 Å². The smallest absolute Gasteiger partial charge is 0.341 e. The van der Waals surface area contributed by atoms with Gasteiger partial charge in [0, 0.05) is 5.39 Å². The maximum absolute atomic E-state index is 12.4. The van der Waals surface area contributed by atoms with Gasteiger partial charge in [0.05, 0.1) is 7.11 Å². The lowest BCUT2D eigenvalue weighted by atomic mass is 9.98. The number of benzene rings is 2. The number of methoxy groups -OCH3 is 1. The predicted molar refractivity (Wildman–Crippen MR) is 106 cm³/mol. The standard InChI is InChI=1S/C23H20O5/c1-25-23(24)19-12-11-16-7-5-6-10-18(16)22(19)28-21(17-8-3-2-4-9-17)20-15-26-13-14-27-20/h2-3,5-8,10-15,21H,4,9H2,1H3. The fourth-order valence-corrected chi connectivity index (χ4v) is 3.31. The first-order chi connectivity index (χ1) is 13.8. The van der Waals surface area contributed by atoms with E-state index in [0.29, 0.717) is 17.1 Å². The molecule has 1 unspecified atom stereocenters. The molecule has 1 aliphatic heterocycles. The molecule has 2 aromatic carbocycles. The van der Waals surface area contributed by atoms with Crippen LogP contribution in [0.15, 0.2) is 84.7 Å². The molecular weight excluding hydrogens is 356 g/mol. The van der Waals surface area contributed by atoms with Crippen molar-refractivity contribution in [2.45, 2.75) is 18.9 Å². The minimum atomic E-state index is -0.524. The highest BCUT2D eigenvalue weighted by atomic mass is 16.6. The Balaban J connectivity index is 1.82. The van der Waals surface area contributed by atoms with Gasteiger partial charge in [-0.2, -0.15) is 0 Å². The molecule has 1 aliphatic carbocycles. The first-order valence-electron chi connectivity index (χ1n) is 9.07. The molecule has 0 radical (unpaired) electrons. The van der Waals surface area contributed by atoms with Crippen molar-refractivity contribution in [2.24, 2.45) is 0 Å². The highest BCUT2D eigenvalue weighted by Crippen LogP contribution is 2.35. The average molecular weight is 376 g/mol. The Morgan fingerprint density at radius 2 is 2.04 bits per heavy atom. The summed E-state index contributed by atoms with van der Waals surface area (Å²) in [6, 6.07) is 11.4. The van der Waals surface area contributed by atoms with Crippen LogP contribution >= 0.6 is 0 Å². The van der Waals surface area contributed by atoms with Crippen LogP contribution in [-0.4, -0.2) is 19.2 Å². The van der Waals surface area contributed by atoms with Crippen LogP contribution in [0.25, 0.3) is 10.8 Å². The second-order valence-electron chi connectivity index (χ2n) is 6.41. The number of fused-ring (bicyclic) bond motifs is 1. The first kappa shape index (κ1) is 17.9. The quantitative estimate of drug-likeness (QED) is 0.687. The summed E-state index contributed by atoms with van der Waals surface area (Å²) in [5.41, 5.74) is 1.41. The number of allylic oxidation sites excluding steroid dienone is 3. The molecule has 5 nitrogen and oxygen atoms in total. The van der Waals surface area contributed by atoms with E-state index < -0.39 is 12.1 Å². The van der Waals surface area contributed by atoms with Gasteiger partial charge in [0.2, 0.25) is 0 Å². The van der Waals surface area contributed by atoms with Gasteiger partial charge in [-0.1, -0.05) is 48.6 Å². The summed E-state index contributed by atoms with van der Waals surface area (Å²) in [4.78, 5) is 12.4. The minimum absolute atomic E-state index is 0.367. The molecular formula is C23H20O5. The summed E-state index contributed by atoms with van der Waals surface area (Å²) in [5.74, 6) is 0.531. The molecule has 0 spiro atoms. The Morgan fingerprint density at radius 1 is 1.14 bits per heavy atom. The number of hydrogen-bond donors (Lipinski definition) is 0. The number of rotatable bonds is 5. The monoisotopic (exact) mass is 376 g/mol. The fraction of sp³-hybridized carbons (Fsp3) is 0.174. The van der Waals surface area contributed by atoms with Gasteiger partial charge in [-0.3, -0.25) is 0 Å². The van der Waals surface area contributed by atoms with Crippen LogP contribution in [0.3, 0.4) is 0 Å². The molecule has 0 saturated carbocycles. The van der Waals surface area contributed by atoms with Crippen molar-refractivity contribution in [2.75, 3.05) is 7.11 Å². The molecule has 2 aliphatic rings. The van der Waals surface area contributed by atoms with E-state index in [-0.39, 0.29) is 0 Å². The average Bonchev–Trinajstić information content (AvgIpc) is 2.78.